The second-order valence-corrected chi connectivity index (χ2v) is 2.85. The van der Waals surface area contributed by atoms with Crippen molar-refractivity contribution in [1.29, 1.82) is 0 Å². The molecule has 0 N–H and O–H groups in total. The number of aldehydes is 1. The fraction of sp³-hybridized carbons (Fsp3) is 0.333. The Bertz CT molecular complexity index is 294. The van der Waals surface area contributed by atoms with E-state index in [4.69, 9.17) is 4.74 Å². The second-order valence-electron chi connectivity index (χ2n) is 2.85. The molecule has 0 bridgehead atoms. The van der Waals surface area contributed by atoms with Crippen molar-refractivity contribution in [2.45, 2.75) is 18.9 Å². The molecule has 0 aromatic carbocycles. The average molecular weight is 163 g/mol. The van der Waals surface area contributed by atoms with Gasteiger partial charge < -0.3 is 4.74 Å². The molecule has 3 nitrogen and oxygen atoms in total. The highest BCUT2D eigenvalue weighted by Crippen LogP contribution is 2.27. The van der Waals surface area contributed by atoms with Gasteiger partial charge in [-0.25, -0.2) is 0 Å². The van der Waals surface area contributed by atoms with Gasteiger partial charge in [0.25, 0.3) is 0 Å². The number of nitrogens with zero attached hydrogens (tertiary/aromatic N) is 1. The molecule has 0 saturated heterocycles. The van der Waals surface area contributed by atoms with E-state index >= 15 is 0 Å². The maximum Gasteiger partial charge on any atom is 0.153 e. The summed E-state index contributed by atoms with van der Waals surface area (Å²) in [5.74, 6) is 0.606. The number of aromatic nitrogens is 1. The first-order chi connectivity index (χ1) is 5.90. The van der Waals surface area contributed by atoms with E-state index in [1.165, 1.54) is 0 Å². The first-order valence-corrected chi connectivity index (χ1v) is 3.96. The highest BCUT2D eigenvalue weighted by atomic mass is 16.5. The lowest BCUT2D eigenvalue weighted by Crippen LogP contribution is -1.99. The maximum atomic E-state index is 10.5. The van der Waals surface area contributed by atoms with E-state index in [9.17, 15) is 4.79 Å². The molecule has 0 unspecified atom stereocenters. The van der Waals surface area contributed by atoms with Gasteiger partial charge in [-0.2, -0.15) is 0 Å². The molecule has 1 fully saturated rings. The van der Waals surface area contributed by atoms with E-state index in [1.54, 1.807) is 18.5 Å². The van der Waals surface area contributed by atoms with Crippen LogP contribution in [0.4, 0.5) is 0 Å². The summed E-state index contributed by atoms with van der Waals surface area (Å²) in [5, 5.41) is 0. The fourth-order valence-electron chi connectivity index (χ4n) is 0.952. The van der Waals surface area contributed by atoms with Gasteiger partial charge in [-0.1, -0.05) is 0 Å². The Labute approximate surface area is 70.4 Å². The summed E-state index contributed by atoms with van der Waals surface area (Å²) in [7, 11) is 0. The van der Waals surface area contributed by atoms with Crippen LogP contribution in [0.1, 0.15) is 23.2 Å². The molecule has 62 valence electrons. The normalized spacial score (nSPS) is 15.7. The first-order valence-electron chi connectivity index (χ1n) is 3.96. The molecule has 0 aliphatic heterocycles. The first kappa shape index (κ1) is 7.28. The van der Waals surface area contributed by atoms with Crippen LogP contribution < -0.4 is 4.74 Å². The van der Waals surface area contributed by atoms with Crippen LogP contribution in [0.5, 0.6) is 5.75 Å². The van der Waals surface area contributed by atoms with Crippen molar-refractivity contribution in [2.24, 2.45) is 0 Å². The topological polar surface area (TPSA) is 39.2 Å². The summed E-state index contributed by atoms with van der Waals surface area (Å²) in [4.78, 5) is 14.4. The third kappa shape index (κ3) is 1.44. The molecular formula is C9H9NO2. The van der Waals surface area contributed by atoms with Crippen LogP contribution in [0.3, 0.4) is 0 Å². The van der Waals surface area contributed by atoms with Gasteiger partial charge in [0.05, 0.1) is 17.9 Å². The van der Waals surface area contributed by atoms with E-state index in [1.807, 2.05) is 0 Å². The van der Waals surface area contributed by atoms with Crippen LogP contribution in [0.15, 0.2) is 18.5 Å². The number of carbonyl (C=O) groups is 1. The van der Waals surface area contributed by atoms with Crippen LogP contribution in [0.25, 0.3) is 0 Å². The third-order valence-electron chi connectivity index (χ3n) is 1.76. The maximum absolute atomic E-state index is 10.5. The zero-order valence-corrected chi connectivity index (χ0v) is 6.56. The Kier molecular flexibility index (Phi) is 1.78. The number of hydrogen-bond donors (Lipinski definition) is 0. The number of carbonyl (C=O) groups excluding carboxylic acids is 1. The SMILES string of the molecule is O=Cc1ccncc1OC1CC1. The Morgan fingerprint density at radius 2 is 2.42 bits per heavy atom. The van der Waals surface area contributed by atoms with E-state index in [2.05, 4.69) is 4.98 Å². The predicted octanol–water partition coefficient (Wildman–Crippen LogP) is 1.44. The monoisotopic (exact) mass is 163 g/mol. The Hall–Kier alpha value is -1.38. The van der Waals surface area contributed by atoms with Crippen molar-refractivity contribution in [1.82, 2.24) is 4.98 Å². The van der Waals surface area contributed by atoms with Gasteiger partial charge in [0.15, 0.2) is 6.29 Å². The number of ether oxygens (including phenoxy) is 1. The van der Waals surface area contributed by atoms with Crippen LogP contribution in [-0.4, -0.2) is 17.4 Å². The second kappa shape index (κ2) is 2.93. The summed E-state index contributed by atoms with van der Waals surface area (Å²) in [6.45, 7) is 0. The highest BCUT2D eigenvalue weighted by Gasteiger charge is 2.24. The van der Waals surface area contributed by atoms with Gasteiger partial charge in [-0.15, -0.1) is 0 Å². The van der Waals surface area contributed by atoms with Gasteiger partial charge in [0.2, 0.25) is 0 Å². The minimum atomic E-state index is 0.313. The molecule has 1 aromatic heterocycles. The molecule has 0 atom stereocenters. The van der Waals surface area contributed by atoms with Crippen LogP contribution in [-0.2, 0) is 0 Å². The molecule has 1 aliphatic carbocycles. The van der Waals surface area contributed by atoms with Gasteiger partial charge in [0, 0.05) is 6.20 Å². The van der Waals surface area contributed by atoms with Crippen LogP contribution in [0.2, 0.25) is 0 Å². The van der Waals surface area contributed by atoms with Crippen molar-refractivity contribution >= 4 is 6.29 Å². The average Bonchev–Trinajstić information content (AvgIpc) is 2.89. The Morgan fingerprint density at radius 1 is 1.58 bits per heavy atom. The number of pyridine rings is 1. The molecule has 1 aliphatic rings. The molecule has 1 heterocycles. The smallest absolute Gasteiger partial charge is 0.153 e. The quantitative estimate of drug-likeness (QED) is 0.633. The molecular weight excluding hydrogens is 154 g/mol. The molecule has 0 spiro atoms. The Balaban J connectivity index is 2.20. The highest BCUT2D eigenvalue weighted by molar-refractivity contribution is 5.78. The van der Waals surface area contributed by atoms with E-state index in [-0.39, 0.29) is 0 Å². The summed E-state index contributed by atoms with van der Waals surface area (Å²) in [6.07, 6.45) is 6.46. The van der Waals surface area contributed by atoms with Gasteiger partial charge in [-0.05, 0) is 18.9 Å². The standard InChI is InChI=1S/C9H9NO2/c11-6-7-3-4-10-5-9(7)12-8-1-2-8/h3-6,8H,1-2H2. The molecule has 0 radical (unpaired) electrons. The lowest BCUT2D eigenvalue weighted by molar-refractivity contribution is 0.111. The van der Waals surface area contributed by atoms with Crippen LogP contribution >= 0.6 is 0 Å². The molecule has 2 rings (SSSR count). The zero-order chi connectivity index (χ0) is 8.39. The van der Waals surface area contributed by atoms with Gasteiger partial charge in [-0.3, -0.25) is 9.78 Å². The summed E-state index contributed by atoms with van der Waals surface area (Å²) in [5.41, 5.74) is 0.580. The minimum Gasteiger partial charge on any atom is -0.488 e. The molecule has 1 aromatic rings. The largest absolute Gasteiger partial charge is 0.488 e. The Morgan fingerprint density at radius 3 is 3.08 bits per heavy atom. The summed E-state index contributed by atoms with van der Waals surface area (Å²) >= 11 is 0. The lowest BCUT2D eigenvalue weighted by atomic mass is 10.3. The zero-order valence-electron chi connectivity index (χ0n) is 6.56. The molecule has 3 heteroatoms. The van der Waals surface area contributed by atoms with Crippen molar-refractivity contribution < 1.29 is 9.53 Å². The molecule has 12 heavy (non-hydrogen) atoms. The summed E-state index contributed by atoms with van der Waals surface area (Å²) < 4.78 is 5.45. The fourth-order valence-corrected chi connectivity index (χ4v) is 0.952. The van der Waals surface area contributed by atoms with Crippen molar-refractivity contribution in [3.8, 4) is 5.75 Å². The van der Waals surface area contributed by atoms with Crippen molar-refractivity contribution in [3.05, 3.63) is 24.0 Å². The van der Waals surface area contributed by atoms with E-state index in [0.29, 0.717) is 17.4 Å². The van der Waals surface area contributed by atoms with E-state index < -0.39 is 0 Å². The molecule has 1 saturated carbocycles. The molecule has 0 amide bonds. The summed E-state index contributed by atoms with van der Waals surface area (Å²) in [6, 6.07) is 1.66. The number of hydrogen-bond acceptors (Lipinski definition) is 3. The van der Waals surface area contributed by atoms with Gasteiger partial charge >= 0.3 is 0 Å². The van der Waals surface area contributed by atoms with E-state index in [0.717, 1.165) is 19.1 Å². The van der Waals surface area contributed by atoms with Crippen LogP contribution in [0, 0.1) is 0 Å². The van der Waals surface area contributed by atoms with Gasteiger partial charge in [0.1, 0.15) is 5.75 Å². The number of rotatable bonds is 3. The third-order valence-corrected chi connectivity index (χ3v) is 1.76. The minimum absolute atomic E-state index is 0.313. The van der Waals surface area contributed by atoms with Crippen molar-refractivity contribution in [3.63, 3.8) is 0 Å². The lowest BCUT2D eigenvalue weighted by Gasteiger charge is -2.04. The predicted molar refractivity (Wildman–Crippen MR) is 43.3 cm³/mol. The van der Waals surface area contributed by atoms with Crippen molar-refractivity contribution in [2.75, 3.05) is 0 Å².